The summed E-state index contributed by atoms with van der Waals surface area (Å²) >= 11 is 3.74. The molecule has 0 saturated heterocycles. The second-order valence-corrected chi connectivity index (χ2v) is 4.73. The molecule has 0 aliphatic heterocycles. The Balaban J connectivity index is 2.93. The van der Waals surface area contributed by atoms with Crippen LogP contribution in [0.1, 0.15) is 5.56 Å². The molecule has 1 nitrogen and oxygen atoms in total. The van der Waals surface area contributed by atoms with Gasteiger partial charge in [0.25, 0.3) is 0 Å². The smallest absolute Gasteiger partial charge is 0.146 e. The fourth-order valence-corrected chi connectivity index (χ4v) is 2.82. The van der Waals surface area contributed by atoms with E-state index in [1.54, 1.807) is 11.3 Å². The number of halogens is 1. The Morgan fingerprint density at radius 2 is 2.17 bits per heavy atom. The van der Waals surface area contributed by atoms with Crippen molar-refractivity contribution in [3.8, 4) is 5.75 Å². The number of aryl methyl sites for hydroxylation is 1. The molecule has 0 amide bonds. The van der Waals surface area contributed by atoms with Crippen LogP contribution in [0.5, 0.6) is 5.75 Å². The third-order valence-corrected chi connectivity index (χ3v) is 3.85. The summed E-state index contributed by atoms with van der Waals surface area (Å²) in [5, 5.41) is 12.9. The highest BCUT2D eigenvalue weighted by atomic mass is 127. The van der Waals surface area contributed by atoms with Crippen LogP contribution in [0.25, 0.3) is 10.1 Å². The van der Waals surface area contributed by atoms with E-state index in [1.165, 1.54) is 5.56 Å². The number of hydrogen-bond acceptors (Lipinski definition) is 2. The van der Waals surface area contributed by atoms with E-state index in [-0.39, 0.29) is 0 Å². The lowest BCUT2D eigenvalue weighted by atomic mass is 10.2. The number of phenols is 1. The summed E-state index contributed by atoms with van der Waals surface area (Å²) in [6.45, 7) is 2.06. The number of rotatable bonds is 0. The fourth-order valence-electron chi connectivity index (χ4n) is 1.19. The van der Waals surface area contributed by atoms with Gasteiger partial charge >= 0.3 is 0 Å². The summed E-state index contributed by atoms with van der Waals surface area (Å²) < 4.78 is 1.92. The lowest BCUT2D eigenvalue weighted by molar-refractivity contribution is 0.479. The summed E-state index contributed by atoms with van der Waals surface area (Å²) in [6.07, 6.45) is 0. The van der Waals surface area contributed by atoms with Gasteiger partial charge in [-0.25, -0.2) is 0 Å². The van der Waals surface area contributed by atoms with Crippen molar-refractivity contribution in [2.24, 2.45) is 0 Å². The van der Waals surface area contributed by atoms with Gasteiger partial charge in [-0.15, -0.1) is 11.3 Å². The number of hydrogen-bond donors (Lipinski definition) is 1. The Labute approximate surface area is 88.2 Å². The van der Waals surface area contributed by atoms with Gasteiger partial charge in [0.1, 0.15) is 5.75 Å². The van der Waals surface area contributed by atoms with Gasteiger partial charge in [-0.2, -0.15) is 0 Å². The number of phenolic OH excluding ortho intramolecular Hbond substituents is 1. The third kappa shape index (κ3) is 1.11. The first-order valence-electron chi connectivity index (χ1n) is 3.55. The fraction of sp³-hybridized carbons (Fsp3) is 0.111. The highest BCUT2D eigenvalue weighted by Gasteiger charge is 2.06. The second-order valence-electron chi connectivity index (χ2n) is 2.69. The number of thiophene rings is 1. The molecule has 1 N–H and O–H groups in total. The lowest BCUT2D eigenvalue weighted by Gasteiger charge is -1.97. The summed E-state index contributed by atoms with van der Waals surface area (Å²) in [4.78, 5) is 0. The first kappa shape index (κ1) is 8.31. The van der Waals surface area contributed by atoms with E-state index in [1.807, 2.05) is 6.07 Å². The van der Waals surface area contributed by atoms with Gasteiger partial charge in [0.2, 0.25) is 0 Å². The predicted octanol–water partition coefficient (Wildman–Crippen LogP) is 3.52. The molecule has 0 bridgehead atoms. The van der Waals surface area contributed by atoms with Crippen molar-refractivity contribution in [2.45, 2.75) is 6.92 Å². The Morgan fingerprint density at radius 3 is 2.92 bits per heavy atom. The quantitative estimate of drug-likeness (QED) is 0.736. The SMILES string of the molecule is Cc1csc2c(O)c(I)ccc12. The molecule has 0 radical (unpaired) electrons. The monoisotopic (exact) mass is 290 g/mol. The van der Waals surface area contributed by atoms with Crippen LogP contribution in [0.4, 0.5) is 0 Å². The van der Waals surface area contributed by atoms with Crippen molar-refractivity contribution in [2.75, 3.05) is 0 Å². The maximum Gasteiger partial charge on any atom is 0.146 e. The van der Waals surface area contributed by atoms with E-state index >= 15 is 0 Å². The topological polar surface area (TPSA) is 20.2 Å². The molecule has 62 valence electrons. The van der Waals surface area contributed by atoms with Gasteiger partial charge in [-0.1, -0.05) is 6.07 Å². The summed E-state index contributed by atoms with van der Waals surface area (Å²) in [7, 11) is 0. The van der Waals surface area contributed by atoms with Gasteiger partial charge < -0.3 is 5.11 Å². The van der Waals surface area contributed by atoms with Crippen molar-refractivity contribution in [3.05, 3.63) is 26.6 Å². The predicted molar refractivity (Wildman–Crippen MR) is 60.9 cm³/mol. The Kier molecular flexibility index (Phi) is 2.00. The molecule has 3 heteroatoms. The van der Waals surface area contributed by atoms with Crippen molar-refractivity contribution < 1.29 is 5.11 Å². The van der Waals surface area contributed by atoms with E-state index in [0.29, 0.717) is 5.75 Å². The highest BCUT2D eigenvalue weighted by Crippen LogP contribution is 2.35. The first-order chi connectivity index (χ1) is 5.70. The average Bonchev–Trinajstić information content (AvgIpc) is 2.41. The van der Waals surface area contributed by atoms with Crippen molar-refractivity contribution >= 4 is 44.0 Å². The van der Waals surface area contributed by atoms with Crippen molar-refractivity contribution in [3.63, 3.8) is 0 Å². The van der Waals surface area contributed by atoms with Crippen LogP contribution >= 0.6 is 33.9 Å². The molecule has 0 fully saturated rings. The van der Waals surface area contributed by atoms with Crippen LogP contribution < -0.4 is 0 Å². The van der Waals surface area contributed by atoms with Crippen LogP contribution in [-0.2, 0) is 0 Å². The summed E-state index contributed by atoms with van der Waals surface area (Å²) in [5.41, 5.74) is 1.24. The molecular weight excluding hydrogens is 283 g/mol. The summed E-state index contributed by atoms with van der Waals surface area (Å²) in [5.74, 6) is 0.422. The molecule has 0 aliphatic rings. The molecular formula is C9H7IOS. The van der Waals surface area contributed by atoms with E-state index in [0.717, 1.165) is 13.7 Å². The van der Waals surface area contributed by atoms with E-state index in [4.69, 9.17) is 0 Å². The molecule has 1 aromatic carbocycles. The molecule has 1 aromatic heterocycles. The number of fused-ring (bicyclic) bond motifs is 1. The van der Waals surface area contributed by atoms with Gasteiger partial charge in [-0.05, 0) is 51.9 Å². The lowest BCUT2D eigenvalue weighted by Crippen LogP contribution is -1.73. The first-order valence-corrected chi connectivity index (χ1v) is 5.51. The van der Waals surface area contributed by atoms with Crippen LogP contribution in [0.15, 0.2) is 17.5 Å². The van der Waals surface area contributed by atoms with Crippen molar-refractivity contribution in [1.29, 1.82) is 0 Å². The van der Waals surface area contributed by atoms with Gasteiger partial charge in [0, 0.05) is 0 Å². The van der Waals surface area contributed by atoms with Crippen LogP contribution in [0.3, 0.4) is 0 Å². The van der Waals surface area contributed by atoms with Gasteiger partial charge in [0.15, 0.2) is 0 Å². The molecule has 1 heterocycles. The maximum atomic E-state index is 9.67. The molecule has 0 spiro atoms. The minimum absolute atomic E-state index is 0.422. The van der Waals surface area contributed by atoms with Gasteiger partial charge in [0.05, 0.1) is 8.27 Å². The zero-order valence-electron chi connectivity index (χ0n) is 6.47. The average molecular weight is 290 g/mol. The van der Waals surface area contributed by atoms with Crippen molar-refractivity contribution in [1.82, 2.24) is 0 Å². The standard InChI is InChI=1S/C9H7IOS/c1-5-4-12-9-6(5)2-3-7(10)8(9)11/h2-4,11H,1H3. The zero-order valence-corrected chi connectivity index (χ0v) is 9.44. The Bertz CT molecular complexity index is 433. The van der Waals surface area contributed by atoms with E-state index in [9.17, 15) is 5.11 Å². The van der Waals surface area contributed by atoms with Crippen LogP contribution in [-0.4, -0.2) is 5.11 Å². The van der Waals surface area contributed by atoms with Crippen LogP contribution in [0.2, 0.25) is 0 Å². The van der Waals surface area contributed by atoms with Gasteiger partial charge in [-0.3, -0.25) is 0 Å². The molecule has 12 heavy (non-hydrogen) atoms. The number of aromatic hydroxyl groups is 1. The Morgan fingerprint density at radius 1 is 1.42 bits per heavy atom. The second kappa shape index (κ2) is 2.88. The molecule has 0 unspecified atom stereocenters. The van der Waals surface area contributed by atoms with E-state index < -0.39 is 0 Å². The summed E-state index contributed by atoms with van der Waals surface area (Å²) in [6, 6.07) is 4.00. The largest absolute Gasteiger partial charge is 0.505 e. The zero-order chi connectivity index (χ0) is 8.72. The van der Waals surface area contributed by atoms with E-state index in [2.05, 4.69) is 41.0 Å². The minimum atomic E-state index is 0.422. The molecule has 0 atom stereocenters. The third-order valence-electron chi connectivity index (χ3n) is 1.86. The normalized spacial score (nSPS) is 10.8. The molecule has 2 aromatic rings. The number of benzene rings is 1. The highest BCUT2D eigenvalue weighted by molar-refractivity contribution is 14.1. The molecule has 0 aliphatic carbocycles. The maximum absolute atomic E-state index is 9.67. The van der Waals surface area contributed by atoms with Crippen LogP contribution in [0, 0.1) is 10.5 Å². The minimum Gasteiger partial charge on any atom is -0.505 e. The molecule has 0 saturated carbocycles. The molecule has 2 rings (SSSR count). The Hall–Kier alpha value is -0.290.